The van der Waals surface area contributed by atoms with E-state index in [1.165, 1.54) is 10.8 Å². The third-order valence-corrected chi connectivity index (χ3v) is 3.87. The Morgan fingerprint density at radius 3 is 2.65 bits per heavy atom. The summed E-state index contributed by atoms with van der Waals surface area (Å²) < 4.78 is 6.83. The maximum Gasteiger partial charge on any atom is 0.251 e. The molecule has 2 aromatic heterocycles. The van der Waals surface area contributed by atoms with E-state index in [1.807, 2.05) is 0 Å². The Hall–Kier alpha value is -2.27. The molecule has 2 unspecified atom stereocenters. The predicted molar refractivity (Wildman–Crippen MR) is 78.2 cm³/mol. The van der Waals surface area contributed by atoms with Gasteiger partial charge in [0, 0.05) is 6.20 Å². The lowest BCUT2D eigenvalue weighted by Crippen LogP contribution is -2.33. The van der Waals surface area contributed by atoms with E-state index in [2.05, 4.69) is 9.97 Å². The molecule has 2 aromatic rings. The summed E-state index contributed by atoms with van der Waals surface area (Å²) in [5, 5.41) is 29.5. The molecule has 23 heavy (non-hydrogen) atoms. The van der Waals surface area contributed by atoms with Gasteiger partial charge in [0.1, 0.15) is 35.6 Å². The molecule has 3 rings (SSSR count). The highest BCUT2D eigenvalue weighted by Gasteiger charge is 2.44. The number of aromatic nitrogens is 3. The molecular weight excluding hydrogens is 306 g/mol. The van der Waals surface area contributed by atoms with Crippen LogP contribution >= 0.6 is 0 Å². The number of carbonyl (C=O) groups is 1. The van der Waals surface area contributed by atoms with Crippen LogP contribution in [0.2, 0.25) is 0 Å². The number of fused-ring (bicyclic) bond motifs is 1. The van der Waals surface area contributed by atoms with Crippen molar-refractivity contribution < 1.29 is 24.9 Å². The molecule has 10 heteroatoms. The van der Waals surface area contributed by atoms with Crippen LogP contribution in [0.15, 0.2) is 6.20 Å². The number of hydrogen-bond acceptors (Lipinski definition) is 8. The van der Waals surface area contributed by atoms with Gasteiger partial charge in [-0.05, 0) is 6.92 Å². The lowest BCUT2D eigenvalue weighted by Gasteiger charge is -2.17. The van der Waals surface area contributed by atoms with Gasteiger partial charge in [-0.2, -0.15) is 0 Å². The van der Waals surface area contributed by atoms with E-state index in [0.29, 0.717) is 5.82 Å². The summed E-state index contributed by atoms with van der Waals surface area (Å²) >= 11 is 0. The largest absolute Gasteiger partial charge is 0.394 e. The first-order valence-corrected chi connectivity index (χ1v) is 6.92. The predicted octanol–water partition coefficient (Wildman–Crippen LogP) is -1.97. The minimum absolute atomic E-state index is 0.0757. The van der Waals surface area contributed by atoms with Crippen LogP contribution in [-0.2, 0) is 4.74 Å². The summed E-state index contributed by atoms with van der Waals surface area (Å²) in [7, 11) is 0. The molecule has 0 bridgehead atoms. The minimum Gasteiger partial charge on any atom is -0.394 e. The molecule has 1 amide bonds. The van der Waals surface area contributed by atoms with Crippen LogP contribution in [0.25, 0.3) is 11.0 Å². The van der Waals surface area contributed by atoms with Crippen LogP contribution in [0.3, 0.4) is 0 Å². The molecule has 3 heterocycles. The fourth-order valence-electron chi connectivity index (χ4n) is 2.78. The number of nitrogens with two attached hydrogens (primary N) is 2. The summed E-state index contributed by atoms with van der Waals surface area (Å²) in [6.07, 6.45) is -3.26. The van der Waals surface area contributed by atoms with Crippen molar-refractivity contribution in [3.05, 3.63) is 17.6 Å². The lowest BCUT2D eigenvalue weighted by atomic mass is 10.1. The zero-order valence-corrected chi connectivity index (χ0v) is 12.2. The molecule has 1 aliphatic heterocycles. The Kier molecular flexibility index (Phi) is 3.68. The second-order valence-electron chi connectivity index (χ2n) is 5.40. The standard InChI is InChI=1S/C13H17N5O5/c1-4-16-10(14)7-5(11(15)22)2-18(12(7)17-4)13-9(21)8(20)6(3-19)23-13/h2,6,8-9,13,19-21H,3H2,1H3,(H2,15,22)(H2,14,16,17)/t6?,8?,9-,13-/m1/s1. The highest BCUT2D eigenvalue weighted by molar-refractivity contribution is 6.08. The first-order chi connectivity index (χ1) is 10.8. The molecule has 124 valence electrons. The van der Waals surface area contributed by atoms with Gasteiger partial charge in [-0.15, -0.1) is 0 Å². The summed E-state index contributed by atoms with van der Waals surface area (Å²) in [5.74, 6) is -0.302. The van der Waals surface area contributed by atoms with Crippen molar-refractivity contribution in [2.24, 2.45) is 5.73 Å². The molecule has 1 aliphatic rings. The quantitative estimate of drug-likeness (QED) is 0.433. The van der Waals surface area contributed by atoms with E-state index in [1.54, 1.807) is 6.92 Å². The van der Waals surface area contributed by atoms with Gasteiger partial charge in [0.15, 0.2) is 6.23 Å². The monoisotopic (exact) mass is 323 g/mol. The van der Waals surface area contributed by atoms with E-state index in [9.17, 15) is 20.1 Å². The first-order valence-electron chi connectivity index (χ1n) is 6.92. The zero-order valence-electron chi connectivity index (χ0n) is 12.2. The molecule has 0 saturated carbocycles. The molecule has 4 atom stereocenters. The van der Waals surface area contributed by atoms with E-state index in [-0.39, 0.29) is 22.4 Å². The van der Waals surface area contributed by atoms with Crippen LogP contribution in [0.1, 0.15) is 22.4 Å². The van der Waals surface area contributed by atoms with Crippen molar-refractivity contribution in [1.29, 1.82) is 0 Å². The Morgan fingerprint density at radius 2 is 2.09 bits per heavy atom. The molecular formula is C13H17N5O5. The molecule has 10 nitrogen and oxygen atoms in total. The third kappa shape index (κ3) is 2.32. The Labute approximate surface area is 130 Å². The zero-order chi connectivity index (χ0) is 16.9. The van der Waals surface area contributed by atoms with Crippen molar-refractivity contribution in [2.75, 3.05) is 12.3 Å². The molecule has 7 N–H and O–H groups in total. The minimum atomic E-state index is -1.32. The molecule has 0 radical (unpaired) electrons. The Morgan fingerprint density at radius 1 is 1.39 bits per heavy atom. The number of rotatable bonds is 3. The summed E-state index contributed by atoms with van der Waals surface area (Å²) in [5.41, 5.74) is 11.5. The number of aliphatic hydroxyl groups is 3. The number of amides is 1. The number of hydrogen-bond donors (Lipinski definition) is 5. The van der Waals surface area contributed by atoms with Gasteiger partial charge in [-0.25, -0.2) is 9.97 Å². The van der Waals surface area contributed by atoms with E-state index in [0.717, 1.165) is 0 Å². The number of nitrogen functional groups attached to an aromatic ring is 1. The van der Waals surface area contributed by atoms with Crippen LogP contribution in [0, 0.1) is 6.92 Å². The molecule has 0 aromatic carbocycles. The van der Waals surface area contributed by atoms with E-state index in [4.69, 9.17) is 16.2 Å². The topological polar surface area (TPSA) is 170 Å². The van der Waals surface area contributed by atoms with Crippen LogP contribution in [-0.4, -0.2) is 60.7 Å². The van der Waals surface area contributed by atoms with Crippen molar-refractivity contribution in [2.45, 2.75) is 31.5 Å². The molecule has 0 spiro atoms. The summed E-state index contributed by atoms with van der Waals surface area (Å²) in [4.78, 5) is 19.9. The second kappa shape index (κ2) is 5.42. The van der Waals surface area contributed by atoms with E-state index >= 15 is 0 Å². The molecule has 1 fully saturated rings. The number of carbonyl (C=O) groups excluding carboxylic acids is 1. The number of ether oxygens (including phenoxy) is 1. The van der Waals surface area contributed by atoms with Gasteiger partial charge in [-0.1, -0.05) is 0 Å². The van der Waals surface area contributed by atoms with Crippen molar-refractivity contribution in [3.63, 3.8) is 0 Å². The fourth-order valence-corrected chi connectivity index (χ4v) is 2.78. The lowest BCUT2D eigenvalue weighted by molar-refractivity contribution is -0.0509. The average molecular weight is 323 g/mol. The number of nitrogens with zero attached hydrogens (tertiary/aromatic N) is 3. The van der Waals surface area contributed by atoms with E-state index < -0.39 is 37.1 Å². The number of aryl methyl sites for hydroxylation is 1. The Balaban J connectivity index is 2.20. The highest BCUT2D eigenvalue weighted by atomic mass is 16.6. The van der Waals surface area contributed by atoms with Crippen molar-refractivity contribution >= 4 is 22.8 Å². The number of anilines is 1. The molecule has 0 aliphatic carbocycles. The van der Waals surface area contributed by atoms with Crippen molar-refractivity contribution in [1.82, 2.24) is 14.5 Å². The highest BCUT2D eigenvalue weighted by Crippen LogP contribution is 2.34. The third-order valence-electron chi connectivity index (χ3n) is 3.87. The number of primary amides is 1. The van der Waals surface area contributed by atoms with Crippen LogP contribution in [0.4, 0.5) is 5.82 Å². The van der Waals surface area contributed by atoms with Gasteiger partial charge in [0.05, 0.1) is 17.6 Å². The SMILES string of the molecule is Cc1nc(N)c2c(C(N)=O)cn([C@@H]3OC(CO)C(O)[C@H]3O)c2n1. The van der Waals surface area contributed by atoms with Crippen molar-refractivity contribution in [3.8, 4) is 0 Å². The van der Waals surface area contributed by atoms with Gasteiger partial charge >= 0.3 is 0 Å². The summed E-state index contributed by atoms with van der Waals surface area (Å²) in [6, 6.07) is 0. The maximum atomic E-state index is 11.7. The normalized spacial score (nSPS) is 27.7. The van der Waals surface area contributed by atoms with Gasteiger partial charge in [0.2, 0.25) is 0 Å². The average Bonchev–Trinajstić information content (AvgIpc) is 2.99. The number of aliphatic hydroxyl groups excluding tert-OH is 3. The van der Waals surface area contributed by atoms with Crippen LogP contribution in [0.5, 0.6) is 0 Å². The maximum absolute atomic E-state index is 11.7. The fraction of sp³-hybridized carbons (Fsp3) is 0.462. The van der Waals surface area contributed by atoms with Crippen LogP contribution < -0.4 is 11.5 Å². The smallest absolute Gasteiger partial charge is 0.251 e. The first kappa shape index (κ1) is 15.6. The van der Waals surface area contributed by atoms with Gasteiger partial charge in [0.25, 0.3) is 5.91 Å². The summed E-state index contributed by atoms with van der Waals surface area (Å²) in [6.45, 7) is 1.15. The Bertz CT molecular complexity index is 776. The molecule has 1 saturated heterocycles. The van der Waals surface area contributed by atoms with Gasteiger partial charge in [-0.3, -0.25) is 4.79 Å². The second-order valence-corrected chi connectivity index (χ2v) is 5.40. The van der Waals surface area contributed by atoms with Gasteiger partial charge < -0.3 is 36.1 Å².